The van der Waals surface area contributed by atoms with Crippen LogP contribution in [0.5, 0.6) is 0 Å². The third-order valence-electron chi connectivity index (χ3n) is 5.83. The molecule has 4 aromatic rings. The Hall–Kier alpha value is -1.84. The Labute approximate surface area is 225 Å². The molecule has 3 heterocycles. The van der Waals surface area contributed by atoms with Crippen LogP contribution < -0.4 is 36.6 Å². The van der Waals surface area contributed by atoms with Gasteiger partial charge in [0.05, 0.1) is 17.1 Å². The van der Waals surface area contributed by atoms with Gasteiger partial charge >= 0.3 is 0 Å². The first-order valence-corrected chi connectivity index (χ1v) is 14.0. The van der Waals surface area contributed by atoms with Crippen molar-refractivity contribution in [1.82, 2.24) is 4.57 Å². The summed E-state index contributed by atoms with van der Waals surface area (Å²) in [5, 5.41) is 4.24. The molecule has 176 valence electrons. The first-order chi connectivity index (χ1) is 16.0. The zero-order chi connectivity index (χ0) is 23.1. The number of aromatic nitrogens is 2. The van der Waals surface area contributed by atoms with Gasteiger partial charge in [-0.25, -0.2) is 0 Å². The van der Waals surface area contributed by atoms with Gasteiger partial charge in [0, 0.05) is 35.4 Å². The lowest BCUT2D eigenvalue weighted by molar-refractivity contribution is -0.707. The van der Waals surface area contributed by atoms with Crippen molar-refractivity contribution in [3.63, 3.8) is 0 Å². The number of fused-ring (bicyclic) bond motifs is 1. The van der Waals surface area contributed by atoms with Gasteiger partial charge in [0.15, 0.2) is 12.2 Å². The molecule has 0 saturated heterocycles. The van der Waals surface area contributed by atoms with Crippen molar-refractivity contribution in [3.05, 3.63) is 94.7 Å². The van der Waals surface area contributed by atoms with E-state index in [-0.39, 0.29) is 24.0 Å². The summed E-state index contributed by atoms with van der Waals surface area (Å²) in [6.45, 7) is 4.88. The molecule has 0 bridgehead atoms. The average Bonchev–Trinajstić information content (AvgIpc) is 3.50. The van der Waals surface area contributed by atoms with Gasteiger partial charge in [-0.05, 0) is 25.1 Å². The number of halogens is 2. The van der Waals surface area contributed by atoms with Crippen LogP contribution >= 0.6 is 50.4 Å². The van der Waals surface area contributed by atoms with Gasteiger partial charge in [-0.2, -0.15) is 4.57 Å². The van der Waals surface area contributed by atoms with Crippen molar-refractivity contribution in [3.8, 4) is 0 Å². The van der Waals surface area contributed by atoms with Crippen LogP contribution in [0.2, 0.25) is 0 Å². The van der Waals surface area contributed by atoms with E-state index in [9.17, 15) is 4.79 Å². The van der Waals surface area contributed by atoms with Gasteiger partial charge in [0.2, 0.25) is 0 Å². The number of nitrogens with zero attached hydrogens (tertiary/aromatic N) is 3. The second-order valence-corrected chi connectivity index (χ2v) is 11.7. The molecular formula is C25H23BrClN3OS3. The molecule has 1 aliphatic rings. The molecule has 1 unspecified atom stereocenters. The zero-order valence-electron chi connectivity index (χ0n) is 18.9. The first-order valence-electron chi connectivity index (χ1n) is 10.7. The van der Waals surface area contributed by atoms with E-state index in [1.54, 1.807) is 34.4 Å². The Morgan fingerprint density at radius 1 is 1.18 bits per heavy atom. The number of anilines is 1. The van der Waals surface area contributed by atoms with Crippen LogP contribution in [-0.2, 0) is 6.54 Å². The molecule has 1 aliphatic heterocycles. The van der Waals surface area contributed by atoms with Crippen molar-refractivity contribution < 1.29 is 17.0 Å². The summed E-state index contributed by atoms with van der Waals surface area (Å²) in [6.07, 6.45) is 4.29. The van der Waals surface area contributed by atoms with Crippen LogP contribution in [0.25, 0.3) is 11.1 Å². The Balaban J connectivity index is 0.00000274. The summed E-state index contributed by atoms with van der Waals surface area (Å²) in [7, 11) is 2.04. The highest BCUT2D eigenvalue weighted by atomic mass is 79.9. The van der Waals surface area contributed by atoms with E-state index in [2.05, 4.69) is 86.4 Å². The number of thioether (sulfide) groups is 1. The molecule has 0 saturated carbocycles. The largest absolute Gasteiger partial charge is 1.00 e. The minimum atomic E-state index is 0. The van der Waals surface area contributed by atoms with Crippen molar-refractivity contribution in [2.45, 2.75) is 31.3 Å². The lowest BCUT2D eigenvalue weighted by Gasteiger charge is -2.12. The van der Waals surface area contributed by atoms with Gasteiger partial charge < -0.3 is 17.3 Å². The van der Waals surface area contributed by atoms with E-state index in [0.717, 1.165) is 34.3 Å². The van der Waals surface area contributed by atoms with E-state index >= 15 is 0 Å². The molecule has 2 aromatic carbocycles. The van der Waals surface area contributed by atoms with Crippen molar-refractivity contribution in [1.29, 1.82) is 0 Å². The van der Waals surface area contributed by atoms with Crippen LogP contribution in [0.15, 0.2) is 74.3 Å². The predicted molar refractivity (Wildman–Crippen MR) is 144 cm³/mol. The Kier molecular flexibility index (Phi) is 7.74. The maximum absolute atomic E-state index is 13.4. The highest BCUT2D eigenvalue weighted by Gasteiger charge is 2.25. The van der Waals surface area contributed by atoms with E-state index < -0.39 is 0 Å². The Morgan fingerprint density at radius 3 is 2.68 bits per heavy atom. The van der Waals surface area contributed by atoms with Gasteiger partial charge in [-0.1, -0.05) is 69.4 Å². The number of hydrogen-bond acceptors (Lipinski definition) is 5. The monoisotopic (exact) mass is 591 g/mol. The molecule has 4 nitrogen and oxygen atoms in total. The molecule has 0 fully saturated rings. The maximum Gasteiger partial charge on any atom is 0.271 e. The van der Waals surface area contributed by atoms with Crippen LogP contribution in [0.4, 0.5) is 5.69 Å². The van der Waals surface area contributed by atoms with E-state index in [4.69, 9.17) is 0 Å². The summed E-state index contributed by atoms with van der Waals surface area (Å²) in [5.41, 5.74) is 2.47. The lowest BCUT2D eigenvalue weighted by Crippen LogP contribution is -3.00. The normalized spacial score (nSPS) is 15.9. The molecule has 0 spiro atoms. The summed E-state index contributed by atoms with van der Waals surface area (Å²) < 4.78 is 6.98. The second-order valence-electron chi connectivity index (χ2n) is 7.78. The fourth-order valence-electron chi connectivity index (χ4n) is 4.02. The molecule has 2 aromatic heterocycles. The van der Waals surface area contributed by atoms with E-state index in [1.165, 1.54) is 5.56 Å². The predicted octanol–water partition coefficient (Wildman–Crippen LogP) is 1.79. The molecule has 1 atom stereocenters. The van der Waals surface area contributed by atoms with Gasteiger partial charge in [0.1, 0.15) is 14.2 Å². The molecule has 5 rings (SSSR count). The summed E-state index contributed by atoms with van der Waals surface area (Å²) in [4.78, 5) is 16.7. The third kappa shape index (κ3) is 4.54. The fourth-order valence-corrected chi connectivity index (χ4v) is 7.95. The lowest BCUT2D eigenvalue weighted by atomic mass is 10.1. The first kappa shape index (κ1) is 25.3. The maximum atomic E-state index is 13.4. The molecular weight excluding hydrogens is 570 g/mol. The number of thiazole rings is 2. The smallest absolute Gasteiger partial charge is 0.271 e. The van der Waals surface area contributed by atoms with Crippen molar-refractivity contribution in [2.24, 2.45) is 0 Å². The Bertz CT molecular complexity index is 1510. The average molecular weight is 593 g/mol. The molecule has 0 radical (unpaired) electrons. The quantitative estimate of drug-likeness (QED) is 0.339. The van der Waals surface area contributed by atoms with Crippen LogP contribution in [0, 0.1) is 0 Å². The van der Waals surface area contributed by atoms with Crippen molar-refractivity contribution in [2.75, 3.05) is 11.9 Å². The fraction of sp³-hybridized carbons (Fsp3) is 0.200. The highest BCUT2D eigenvalue weighted by Crippen LogP contribution is 2.46. The second kappa shape index (κ2) is 10.4. The van der Waals surface area contributed by atoms with Crippen LogP contribution in [0.1, 0.15) is 30.5 Å². The summed E-state index contributed by atoms with van der Waals surface area (Å²) >= 11 is 8.50. The minimum absolute atomic E-state index is 0. The number of hydrogen-bond donors (Lipinski definition) is 0. The molecule has 9 heteroatoms. The van der Waals surface area contributed by atoms with Gasteiger partial charge in [0.25, 0.3) is 10.6 Å². The number of rotatable bonds is 4. The third-order valence-corrected chi connectivity index (χ3v) is 9.62. The zero-order valence-corrected chi connectivity index (χ0v) is 23.7. The minimum Gasteiger partial charge on any atom is -1.00 e. The molecule has 34 heavy (non-hydrogen) atoms. The standard InChI is InChI=1S/C25H23BrN3OS3.ClH/c1-4-28-22(15-21-29(12-13-31-21)16(2)17-8-6-5-7-9-17)33-23(24(28)30)25-27(3)19-11-10-18(26)14-20(19)32-25;/h5-16H,4H2,1-3H3;1H/q+1;/p-1/b25-23+;. The summed E-state index contributed by atoms with van der Waals surface area (Å²) in [6, 6.07) is 17.0. The van der Waals surface area contributed by atoms with E-state index in [1.807, 2.05) is 30.7 Å². The SMILES string of the molecule is CCn1c(=O)/c(=C2\Sc3cc(Br)ccc3N2C)s/c1=C\c1scc[n+]1C(C)c1ccccc1.[Cl-]. The Morgan fingerprint density at radius 2 is 1.94 bits per heavy atom. The van der Waals surface area contributed by atoms with Gasteiger partial charge in [-0.15, -0.1) is 11.3 Å². The molecule has 0 N–H and O–H groups in total. The highest BCUT2D eigenvalue weighted by molar-refractivity contribution is 9.10. The summed E-state index contributed by atoms with van der Waals surface area (Å²) in [5.74, 6) is 0. The molecule has 0 amide bonds. The van der Waals surface area contributed by atoms with Crippen LogP contribution in [-0.4, -0.2) is 11.6 Å². The van der Waals surface area contributed by atoms with Gasteiger partial charge in [-0.3, -0.25) is 9.36 Å². The number of benzene rings is 2. The van der Waals surface area contributed by atoms with Crippen molar-refractivity contribution >= 4 is 67.2 Å². The molecule has 0 aliphatic carbocycles. The topological polar surface area (TPSA) is 29.1 Å². The van der Waals surface area contributed by atoms with E-state index in [0.29, 0.717) is 6.54 Å². The van der Waals surface area contributed by atoms with Crippen LogP contribution in [0.3, 0.4) is 0 Å².